The fraction of sp³-hybridized carbons (Fsp3) is 0.186. The maximum atomic E-state index is 14.2. The molecule has 0 fully saturated rings. The van der Waals surface area contributed by atoms with Crippen molar-refractivity contribution < 1.29 is 4.79 Å². The third-order valence-electron chi connectivity index (χ3n) is 11.7. The van der Waals surface area contributed by atoms with Gasteiger partial charge in [0.2, 0.25) is 0 Å². The van der Waals surface area contributed by atoms with Gasteiger partial charge in [0.1, 0.15) is 0 Å². The number of fused-ring (bicyclic) bond motifs is 11. The fourth-order valence-electron chi connectivity index (χ4n) is 9.97. The maximum Gasteiger partial charge on any atom is 0.258 e. The third kappa shape index (κ3) is 2.86. The van der Waals surface area contributed by atoms with Crippen molar-refractivity contribution in [1.29, 1.82) is 0 Å². The van der Waals surface area contributed by atoms with Crippen LogP contribution in [-0.2, 0) is 10.8 Å². The van der Waals surface area contributed by atoms with Gasteiger partial charge in [0.05, 0.1) is 16.5 Å². The Labute approximate surface area is 275 Å². The number of hydrogen-bond donors (Lipinski definition) is 0. The molecular weight excluding hydrogens is 574 g/mol. The van der Waals surface area contributed by atoms with E-state index < -0.39 is 10.8 Å². The molecule has 4 nitrogen and oxygen atoms in total. The second kappa shape index (κ2) is 9.13. The van der Waals surface area contributed by atoms with Gasteiger partial charge in [-0.3, -0.25) is 4.79 Å². The molecule has 3 heterocycles. The minimum Gasteiger partial charge on any atom is -0.344 e. The van der Waals surface area contributed by atoms with E-state index in [9.17, 15) is 4.79 Å². The summed E-state index contributed by atoms with van der Waals surface area (Å²) in [5.41, 5.74) is 13.2. The standard InChI is InChI=1S/C43H35N3O/c1-4-5-26-46-38-25-24-33-40-32(23-22-27(39(38)40)41(46)47)42(28-14-6-10-18-34(28)44(2)35-19-11-7-15-29(35)42)43(33)30-16-8-12-20-36(30)45(3)37-21-13-9-17-31(37)43/h6-25H,4-5,26H2,1-3H3. The molecule has 47 heavy (non-hydrogen) atoms. The molecule has 10 rings (SSSR count). The molecule has 6 aromatic carbocycles. The molecule has 0 saturated heterocycles. The number of anilines is 5. The first-order valence-electron chi connectivity index (χ1n) is 16.8. The highest BCUT2D eigenvalue weighted by Gasteiger charge is 2.67. The Kier molecular flexibility index (Phi) is 5.21. The number of carbonyl (C=O) groups excluding carboxylic acids is 1. The second-order valence-electron chi connectivity index (χ2n) is 13.5. The van der Waals surface area contributed by atoms with Crippen molar-refractivity contribution in [3.8, 4) is 0 Å². The van der Waals surface area contributed by atoms with Crippen molar-refractivity contribution in [3.05, 3.63) is 160 Å². The quantitative estimate of drug-likeness (QED) is 0.200. The first-order chi connectivity index (χ1) is 23.1. The smallest absolute Gasteiger partial charge is 0.258 e. The van der Waals surface area contributed by atoms with E-state index in [-0.39, 0.29) is 5.91 Å². The molecule has 0 unspecified atom stereocenters. The van der Waals surface area contributed by atoms with E-state index in [0.717, 1.165) is 36.0 Å². The van der Waals surface area contributed by atoms with Gasteiger partial charge in [-0.2, -0.15) is 0 Å². The normalized spacial score (nSPS) is 16.9. The predicted molar refractivity (Wildman–Crippen MR) is 192 cm³/mol. The topological polar surface area (TPSA) is 26.8 Å². The van der Waals surface area contributed by atoms with Crippen LogP contribution in [0.25, 0.3) is 10.8 Å². The van der Waals surface area contributed by atoms with Gasteiger partial charge < -0.3 is 14.7 Å². The van der Waals surface area contributed by atoms with Crippen LogP contribution in [0.4, 0.5) is 28.4 Å². The summed E-state index contributed by atoms with van der Waals surface area (Å²) in [6.07, 6.45) is 2.02. The van der Waals surface area contributed by atoms with Gasteiger partial charge in [0.25, 0.3) is 5.91 Å². The van der Waals surface area contributed by atoms with Crippen LogP contribution in [-0.4, -0.2) is 26.5 Å². The highest BCUT2D eigenvalue weighted by Crippen LogP contribution is 2.73. The third-order valence-corrected chi connectivity index (χ3v) is 11.7. The van der Waals surface area contributed by atoms with E-state index in [1.165, 1.54) is 61.5 Å². The molecule has 4 heteroatoms. The summed E-state index contributed by atoms with van der Waals surface area (Å²) in [7, 11) is 4.40. The van der Waals surface area contributed by atoms with Crippen LogP contribution in [0.15, 0.2) is 121 Å². The molecule has 0 bridgehead atoms. The molecule has 228 valence electrons. The monoisotopic (exact) mass is 609 g/mol. The first kappa shape index (κ1) is 26.8. The zero-order chi connectivity index (χ0) is 31.7. The zero-order valence-electron chi connectivity index (χ0n) is 26.9. The van der Waals surface area contributed by atoms with Gasteiger partial charge in [-0.15, -0.1) is 0 Å². The van der Waals surface area contributed by atoms with Gasteiger partial charge in [-0.25, -0.2) is 0 Å². The molecule has 0 N–H and O–H groups in total. The minimum atomic E-state index is -0.625. The van der Waals surface area contributed by atoms with Crippen LogP contribution in [0.1, 0.15) is 63.5 Å². The Balaban J connectivity index is 1.48. The van der Waals surface area contributed by atoms with E-state index in [1.54, 1.807) is 0 Å². The summed E-state index contributed by atoms with van der Waals surface area (Å²) < 4.78 is 0. The van der Waals surface area contributed by atoms with Crippen LogP contribution in [0, 0.1) is 0 Å². The number of para-hydroxylation sites is 4. The Morgan fingerprint density at radius 1 is 0.489 bits per heavy atom. The van der Waals surface area contributed by atoms with E-state index in [1.807, 2.05) is 4.90 Å². The van der Waals surface area contributed by atoms with E-state index in [0.29, 0.717) is 0 Å². The highest BCUT2D eigenvalue weighted by molar-refractivity contribution is 6.27. The Bertz CT molecular complexity index is 2130. The lowest BCUT2D eigenvalue weighted by Crippen LogP contribution is -2.54. The van der Waals surface area contributed by atoms with Crippen LogP contribution in [0.3, 0.4) is 0 Å². The summed E-state index contributed by atoms with van der Waals surface area (Å²) in [6, 6.07) is 45.1. The van der Waals surface area contributed by atoms with E-state index >= 15 is 0 Å². The summed E-state index contributed by atoms with van der Waals surface area (Å²) in [5.74, 6) is 0.125. The van der Waals surface area contributed by atoms with Gasteiger partial charge in [0.15, 0.2) is 0 Å². The average Bonchev–Trinajstić information content (AvgIpc) is 3.55. The van der Waals surface area contributed by atoms with Crippen LogP contribution in [0.5, 0.6) is 0 Å². The number of carbonyl (C=O) groups is 1. The molecule has 4 aliphatic rings. The van der Waals surface area contributed by atoms with Gasteiger partial charge in [0, 0.05) is 54.3 Å². The lowest BCUT2D eigenvalue weighted by atomic mass is 9.48. The molecule has 0 saturated carbocycles. The average molecular weight is 610 g/mol. The second-order valence-corrected chi connectivity index (χ2v) is 13.5. The molecule has 2 spiro atoms. The highest BCUT2D eigenvalue weighted by atomic mass is 16.2. The maximum absolute atomic E-state index is 14.2. The van der Waals surface area contributed by atoms with Gasteiger partial charge >= 0.3 is 0 Å². The van der Waals surface area contributed by atoms with E-state index in [2.05, 4.69) is 152 Å². The van der Waals surface area contributed by atoms with Crippen molar-refractivity contribution in [2.45, 2.75) is 30.6 Å². The molecular formula is C43H35N3O. The molecule has 0 radical (unpaired) electrons. The summed E-state index contributed by atoms with van der Waals surface area (Å²) in [6.45, 7) is 2.92. The van der Waals surface area contributed by atoms with E-state index in [4.69, 9.17) is 0 Å². The Morgan fingerprint density at radius 2 is 0.915 bits per heavy atom. The fourth-order valence-corrected chi connectivity index (χ4v) is 9.97. The van der Waals surface area contributed by atoms with Crippen molar-refractivity contribution in [2.24, 2.45) is 0 Å². The van der Waals surface area contributed by atoms with Crippen LogP contribution < -0.4 is 14.7 Å². The van der Waals surface area contributed by atoms with Crippen molar-refractivity contribution in [3.63, 3.8) is 0 Å². The summed E-state index contributed by atoms with van der Waals surface area (Å²) in [4.78, 5) is 20.9. The lowest BCUT2D eigenvalue weighted by Gasteiger charge is -2.56. The molecule has 1 amide bonds. The molecule has 3 aliphatic heterocycles. The number of nitrogens with zero attached hydrogens (tertiary/aromatic N) is 3. The number of amides is 1. The van der Waals surface area contributed by atoms with Gasteiger partial charge in [-0.05, 0) is 81.6 Å². The van der Waals surface area contributed by atoms with Crippen molar-refractivity contribution >= 4 is 45.1 Å². The minimum absolute atomic E-state index is 0.125. The van der Waals surface area contributed by atoms with Gasteiger partial charge in [-0.1, -0.05) is 98.3 Å². The summed E-state index contributed by atoms with van der Waals surface area (Å²) >= 11 is 0. The van der Waals surface area contributed by atoms with Crippen LogP contribution >= 0.6 is 0 Å². The molecule has 6 aromatic rings. The number of rotatable bonds is 3. The number of hydrogen-bond acceptors (Lipinski definition) is 3. The molecule has 0 aromatic heterocycles. The number of unbranched alkanes of at least 4 members (excludes halogenated alkanes) is 1. The SMILES string of the molecule is CCCCN1C(=O)c2ccc3c4c(ccc1c24)C1(c2ccccc2N(C)c2ccccc21)C31c2ccccc2N(C)c2ccccc21. The lowest BCUT2D eigenvalue weighted by molar-refractivity contribution is 0.0993. The predicted octanol–water partition coefficient (Wildman–Crippen LogP) is 9.45. The summed E-state index contributed by atoms with van der Waals surface area (Å²) in [5, 5.41) is 2.34. The molecule has 1 aliphatic carbocycles. The Morgan fingerprint density at radius 3 is 1.36 bits per heavy atom. The zero-order valence-corrected chi connectivity index (χ0v) is 26.9. The molecule has 0 atom stereocenters. The van der Waals surface area contributed by atoms with Crippen LogP contribution in [0.2, 0.25) is 0 Å². The largest absolute Gasteiger partial charge is 0.344 e. The van der Waals surface area contributed by atoms with Crippen molar-refractivity contribution in [1.82, 2.24) is 0 Å². The number of benzene rings is 6. The first-order valence-corrected chi connectivity index (χ1v) is 16.8. The Hall–Kier alpha value is -5.35. The van der Waals surface area contributed by atoms with Crippen molar-refractivity contribution in [2.75, 3.05) is 35.3 Å².